The number of benzene rings is 4. The molecule has 0 atom stereocenters. The number of ether oxygens (including phenoxy) is 1. The minimum absolute atomic E-state index is 0.287. The highest BCUT2D eigenvalue weighted by atomic mass is 16.5. The van der Waals surface area contributed by atoms with Gasteiger partial charge in [0, 0.05) is 11.1 Å². The Bertz CT molecular complexity index is 1280. The average Bonchev–Trinajstić information content (AvgIpc) is 2.90. The van der Waals surface area contributed by atoms with Crippen molar-refractivity contribution in [1.82, 2.24) is 0 Å². The summed E-state index contributed by atoms with van der Waals surface area (Å²) in [5.74, 6) is -0.127. The zero-order chi connectivity index (χ0) is 24.5. The Morgan fingerprint density at radius 3 is 2.03 bits per heavy atom. The number of nitrogens with zero attached hydrogens (tertiary/aromatic N) is 1. The minimum atomic E-state index is -0.923. The third-order valence-corrected chi connectivity index (χ3v) is 5.83. The molecule has 0 heterocycles. The molecule has 2 N–H and O–H groups in total. The van der Waals surface area contributed by atoms with E-state index in [1.807, 2.05) is 91.0 Å². The first kappa shape index (κ1) is 23.8. The summed E-state index contributed by atoms with van der Waals surface area (Å²) in [5, 5.41) is 22.4. The zero-order valence-corrected chi connectivity index (χ0v) is 19.3. The van der Waals surface area contributed by atoms with Crippen molar-refractivity contribution in [3.05, 3.63) is 137 Å². The van der Waals surface area contributed by atoms with Crippen LogP contribution in [0, 0.1) is 0 Å². The summed E-state index contributed by atoms with van der Waals surface area (Å²) in [5.41, 5.74) is 5.63. The Morgan fingerprint density at radius 2 is 1.37 bits per heavy atom. The summed E-state index contributed by atoms with van der Waals surface area (Å²) in [4.78, 5) is 11.1. The second-order valence-electron chi connectivity index (χ2n) is 8.27. The van der Waals surface area contributed by atoms with E-state index in [0.717, 1.165) is 52.8 Å². The summed E-state index contributed by atoms with van der Waals surface area (Å²) in [6.45, 7) is 0.462. The molecule has 0 bridgehead atoms. The lowest BCUT2D eigenvalue weighted by atomic mass is 9.97. The molecule has 176 valence electrons. The van der Waals surface area contributed by atoms with Crippen molar-refractivity contribution in [2.24, 2.45) is 5.16 Å². The van der Waals surface area contributed by atoms with E-state index in [2.05, 4.69) is 5.16 Å². The van der Waals surface area contributed by atoms with Crippen LogP contribution in [0.15, 0.2) is 108 Å². The van der Waals surface area contributed by atoms with Gasteiger partial charge in [-0.25, -0.2) is 4.79 Å². The largest absolute Gasteiger partial charge is 0.489 e. The first-order valence-electron chi connectivity index (χ1n) is 11.5. The molecule has 0 spiro atoms. The van der Waals surface area contributed by atoms with Crippen LogP contribution in [0.5, 0.6) is 5.75 Å². The normalized spacial score (nSPS) is 11.3. The second kappa shape index (κ2) is 11.7. The molecule has 0 aromatic heterocycles. The van der Waals surface area contributed by atoms with Crippen LogP contribution in [-0.2, 0) is 19.4 Å². The lowest BCUT2D eigenvalue weighted by Crippen LogP contribution is -2.06. The molecule has 4 rings (SSSR count). The smallest absolute Gasteiger partial charge is 0.335 e. The zero-order valence-electron chi connectivity index (χ0n) is 19.3. The maximum absolute atomic E-state index is 11.1. The molecule has 0 unspecified atom stereocenters. The summed E-state index contributed by atoms with van der Waals surface area (Å²) < 4.78 is 6.17. The van der Waals surface area contributed by atoms with E-state index in [1.165, 1.54) is 0 Å². The van der Waals surface area contributed by atoms with E-state index in [0.29, 0.717) is 12.3 Å². The van der Waals surface area contributed by atoms with Gasteiger partial charge in [-0.1, -0.05) is 78.0 Å². The van der Waals surface area contributed by atoms with Crippen molar-refractivity contribution in [3.8, 4) is 5.75 Å². The molecule has 5 nitrogen and oxygen atoms in total. The molecular formula is C30H27NO4. The van der Waals surface area contributed by atoms with Gasteiger partial charge in [0.05, 0.1) is 5.56 Å². The number of carbonyl (C=O) groups is 1. The van der Waals surface area contributed by atoms with Gasteiger partial charge >= 0.3 is 5.97 Å². The summed E-state index contributed by atoms with van der Waals surface area (Å²) in [6.07, 6.45) is 2.42. The fraction of sp³-hybridized carbons (Fsp3) is 0.133. The Hall–Kier alpha value is -4.38. The third-order valence-electron chi connectivity index (χ3n) is 5.83. The van der Waals surface area contributed by atoms with E-state index < -0.39 is 5.97 Å². The van der Waals surface area contributed by atoms with Crippen LogP contribution in [-0.4, -0.2) is 22.0 Å². The monoisotopic (exact) mass is 465 g/mol. The van der Waals surface area contributed by atoms with Crippen molar-refractivity contribution in [1.29, 1.82) is 0 Å². The molecule has 0 radical (unpaired) electrons. The van der Waals surface area contributed by atoms with Crippen LogP contribution < -0.4 is 4.74 Å². The van der Waals surface area contributed by atoms with Gasteiger partial charge in [0.2, 0.25) is 0 Å². The standard InChI is InChI=1S/C30H27NO4/c32-30(33)25-16-14-22(15-17-25)10-7-13-26-20-27(29(31-34)24-11-5-2-6-12-24)18-19-28(26)35-21-23-8-3-1-4-9-23/h1-6,8-9,11-12,14-20,34H,7,10,13,21H2,(H,32,33)/b31-29-. The van der Waals surface area contributed by atoms with Crippen LogP contribution in [0.2, 0.25) is 0 Å². The molecule has 0 amide bonds. The number of carboxylic acids is 1. The Balaban J connectivity index is 1.54. The molecule has 4 aromatic rings. The van der Waals surface area contributed by atoms with E-state index >= 15 is 0 Å². The van der Waals surface area contributed by atoms with Gasteiger partial charge in [-0.15, -0.1) is 0 Å². The number of aryl methyl sites for hydroxylation is 2. The van der Waals surface area contributed by atoms with Gasteiger partial charge in [-0.3, -0.25) is 0 Å². The first-order chi connectivity index (χ1) is 17.1. The van der Waals surface area contributed by atoms with Crippen molar-refractivity contribution >= 4 is 11.7 Å². The highest BCUT2D eigenvalue weighted by Gasteiger charge is 2.12. The van der Waals surface area contributed by atoms with Crippen molar-refractivity contribution in [3.63, 3.8) is 0 Å². The SMILES string of the molecule is O=C(O)c1ccc(CCCc2cc(/C(=N\O)c3ccccc3)ccc2OCc2ccccc2)cc1. The minimum Gasteiger partial charge on any atom is -0.489 e. The molecular weight excluding hydrogens is 438 g/mol. The predicted molar refractivity (Wildman–Crippen MR) is 137 cm³/mol. The maximum Gasteiger partial charge on any atom is 0.335 e. The van der Waals surface area contributed by atoms with E-state index in [4.69, 9.17) is 9.84 Å². The summed E-state index contributed by atoms with van der Waals surface area (Å²) >= 11 is 0. The third kappa shape index (κ3) is 6.36. The molecule has 0 aliphatic carbocycles. The molecule has 5 heteroatoms. The number of oxime groups is 1. The molecule has 0 fully saturated rings. The summed E-state index contributed by atoms with van der Waals surface area (Å²) in [6, 6.07) is 32.4. The number of hydrogen-bond acceptors (Lipinski definition) is 4. The van der Waals surface area contributed by atoms with Crippen LogP contribution in [0.1, 0.15) is 44.6 Å². The van der Waals surface area contributed by atoms with Crippen molar-refractivity contribution < 1.29 is 19.8 Å². The van der Waals surface area contributed by atoms with Gasteiger partial charge in [-0.2, -0.15) is 0 Å². The topological polar surface area (TPSA) is 79.1 Å². The predicted octanol–water partition coefficient (Wildman–Crippen LogP) is 6.37. The lowest BCUT2D eigenvalue weighted by Gasteiger charge is -2.14. The Morgan fingerprint density at radius 1 is 0.714 bits per heavy atom. The highest BCUT2D eigenvalue weighted by molar-refractivity contribution is 6.12. The molecule has 35 heavy (non-hydrogen) atoms. The average molecular weight is 466 g/mol. The van der Waals surface area contributed by atoms with Gasteiger partial charge in [-0.05, 0) is 66.3 Å². The van der Waals surface area contributed by atoms with Crippen LogP contribution in [0.4, 0.5) is 0 Å². The molecule has 0 saturated carbocycles. The van der Waals surface area contributed by atoms with Crippen molar-refractivity contribution in [2.75, 3.05) is 0 Å². The van der Waals surface area contributed by atoms with Crippen molar-refractivity contribution in [2.45, 2.75) is 25.9 Å². The Labute approximate surface area is 205 Å². The maximum atomic E-state index is 11.1. The number of aromatic carboxylic acids is 1. The lowest BCUT2D eigenvalue weighted by molar-refractivity contribution is 0.0697. The Kier molecular flexibility index (Phi) is 7.92. The summed E-state index contributed by atoms with van der Waals surface area (Å²) in [7, 11) is 0. The first-order valence-corrected chi connectivity index (χ1v) is 11.5. The van der Waals surface area contributed by atoms with Gasteiger partial charge in [0.1, 0.15) is 18.1 Å². The molecule has 4 aromatic carbocycles. The van der Waals surface area contributed by atoms with E-state index in [-0.39, 0.29) is 5.56 Å². The fourth-order valence-electron chi connectivity index (χ4n) is 3.97. The highest BCUT2D eigenvalue weighted by Crippen LogP contribution is 2.25. The molecule has 0 aliphatic heterocycles. The van der Waals surface area contributed by atoms with E-state index in [9.17, 15) is 10.0 Å². The van der Waals surface area contributed by atoms with Crippen LogP contribution >= 0.6 is 0 Å². The van der Waals surface area contributed by atoms with Crippen LogP contribution in [0.3, 0.4) is 0 Å². The number of hydrogen-bond donors (Lipinski definition) is 2. The number of rotatable bonds is 10. The number of carboxylic acid groups (broad SMARTS) is 1. The van der Waals surface area contributed by atoms with Crippen LogP contribution in [0.25, 0.3) is 0 Å². The fourth-order valence-corrected chi connectivity index (χ4v) is 3.97. The second-order valence-corrected chi connectivity index (χ2v) is 8.27. The quantitative estimate of drug-likeness (QED) is 0.162. The van der Waals surface area contributed by atoms with Gasteiger partial charge in [0.15, 0.2) is 0 Å². The molecule has 0 aliphatic rings. The van der Waals surface area contributed by atoms with Gasteiger partial charge < -0.3 is 15.1 Å². The van der Waals surface area contributed by atoms with E-state index in [1.54, 1.807) is 12.1 Å². The molecule has 0 saturated heterocycles. The van der Waals surface area contributed by atoms with Gasteiger partial charge in [0.25, 0.3) is 0 Å².